The van der Waals surface area contributed by atoms with E-state index in [1.54, 1.807) is 11.5 Å². The maximum absolute atomic E-state index is 13.1. The van der Waals surface area contributed by atoms with Gasteiger partial charge < -0.3 is 0 Å². The van der Waals surface area contributed by atoms with Gasteiger partial charge in [0.25, 0.3) is 12.0 Å². The number of fused-ring (bicyclic) bond motifs is 1. The quantitative estimate of drug-likeness (QED) is 0.862. The molecule has 0 amide bonds. The molecule has 2 heterocycles. The van der Waals surface area contributed by atoms with Crippen LogP contribution in [0.4, 0.5) is 8.78 Å². The van der Waals surface area contributed by atoms with Crippen LogP contribution in [0.3, 0.4) is 0 Å². The molecule has 0 aromatic carbocycles. The number of aromatic nitrogens is 3. The highest BCUT2D eigenvalue weighted by Gasteiger charge is 2.28. The van der Waals surface area contributed by atoms with Crippen molar-refractivity contribution in [3.05, 3.63) is 32.4 Å². The molecule has 100 valence electrons. The fraction of sp³-hybridized carbons (Fsp3) is 0.417. The van der Waals surface area contributed by atoms with E-state index in [0.717, 1.165) is 12.8 Å². The summed E-state index contributed by atoms with van der Waals surface area (Å²) in [6.45, 7) is 1.63. The SMILES string of the molecule is Cc1cc(C(F)F)c2c(=O)[nH]c(=S)n(C3CC3)c2n1. The first-order valence-corrected chi connectivity index (χ1v) is 6.34. The molecule has 0 saturated heterocycles. The molecule has 0 aliphatic heterocycles. The number of H-pyrrole nitrogens is 1. The summed E-state index contributed by atoms with van der Waals surface area (Å²) in [7, 11) is 0. The number of halogens is 2. The van der Waals surface area contributed by atoms with Crippen molar-refractivity contribution in [3.8, 4) is 0 Å². The molecule has 7 heteroatoms. The van der Waals surface area contributed by atoms with Crippen LogP contribution in [0.2, 0.25) is 0 Å². The van der Waals surface area contributed by atoms with Crippen molar-refractivity contribution in [1.29, 1.82) is 0 Å². The third-order valence-corrected chi connectivity index (χ3v) is 3.50. The van der Waals surface area contributed by atoms with Gasteiger partial charge in [-0.15, -0.1) is 0 Å². The average Bonchev–Trinajstić information content (AvgIpc) is 3.11. The van der Waals surface area contributed by atoms with Crippen LogP contribution in [0.1, 0.15) is 36.6 Å². The molecule has 1 aliphatic rings. The summed E-state index contributed by atoms with van der Waals surface area (Å²) in [6.07, 6.45) is -0.863. The zero-order valence-electron chi connectivity index (χ0n) is 10.1. The van der Waals surface area contributed by atoms with E-state index in [1.807, 2.05) is 0 Å². The van der Waals surface area contributed by atoms with Crippen molar-refractivity contribution in [2.45, 2.75) is 32.2 Å². The van der Waals surface area contributed by atoms with Crippen molar-refractivity contribution in [3.63, 3.8) is 0 Å². The number of nitrogens with one attached hydrogen (secondary N) is 1. The second kappa shape index (κ2) is 4.19. The van der Waals surface area contributed by atoms with E-state index in [2.05, 4.69) is 9.97 Å². The van der Waals surface area contributed by atoms with E-state index >= 15 is 0 Å². The van der Waals surface area contributed by atoms with E-state index in [1.165, 1.54) is 6.07 Å². The number of aryl methyl sites for hydroxylation is 1. The normalized spacial score (nSPS) is 15.4. The van der Waals surface area contributed by atoms with Gasteiger partial charge in [-0.2, -0.15) is 0 Å². The summed E-state index contributed by atoms with van der Waals surface area (Å²) < 4.78 is 28.1. The minimum Gasteiger partial charge on any atom is -0.299 e. The zero-order chi connectivity index (χ0) is 13.7. The summed E-state index contributed by atoms with van der Waals surface area (Å²) in [5, 5.41) is -0.0545. The van der Waals surface area contributed by atoms with Gasteiger partial charge in [0.05, 0.1) is 5.39 Å². The van der Waals surface area contributed by atoms with Crippen molar-refractivity contribution >= 4 is 23.3 Å². The van der Waals surface area contributed by atoms with E-state index in [4.69, 9.17) is 12.2 Å². The van der Waals surface area contributed by atoms with Crippen molar-refractivity contribution < 1.29 is 8.78 Å². The number of aromatic amines is 1. The van der Waals surface area contributed by atoms with Crippen LogP contribution in [-0.4, -0.2) is 14.5 Å². The number of pyridine rings is 1. The third-order valence-electron chi connectivity index (χ3n) is 3.20. The minimum atomic E-state index is -2.71. The Kier molecular flexibility index (Phi) is 2.74. The van der Waals surface area contributed by atoms with Gasteiger partial charge >= 0.3 is 0 Å². The fourth-order valence-electron chi connectivity index (χ4n) is 2.25. The zero-order valence-corrected chi connectivity index (χ0v) is 10.9. The molecule has 2 aromatic rings. The predicted octanol–water partition coefficient (Wildman–Crippen LogP) is 3.04. The van der Waals surface area contributed by atoms with Crippen LogP contribution in [0.5, 0.6) is 0 Å². The molecule has 1 saturated carbocycles. The van der Waals surface area contributed by atoms with Crippen LogP contribution in [-0.2, 0) is 0 Å². The molecule has 1 aliphatic carbocycles. The second-order valence-corrected chi connectivity index (χ2v) is 5.10. The molecule has 0 radical (unpaired) electrons. The minimum absolute atomic E-state index is 0.0545. The Bertz CT molecular complexity index is 777. The van der Waals surface area contributed by atoms with Gasteiger partial charge in [0.15, 0.2) is 4.77 Å². The maximum Gasteiger partial charge on any atom is 0.264 e. The number of nitrogens with zero attached hydrogens (tertiary/aromatic N) is 2. The molecule has 3 rings (SSSR count). The monoisotopic (exact) mass is 283 g/mol. The Morgan fingerprint density at radius 2 is 2.21 bits per heavy atom. The first-order chi connectivity index (χ1) is 8.99. The van der Waals surface area contributed by atoms with E-state index in [-0.39, 0.29) is 27.4 Å². The molecule has 2 aromatic heterocycles. The van der Waals surface area contributed by atoms with Crippen LogP contribution in [0, 0.1) is 11.7 Å². The lowest BCUT2D eigenvalue weighted by Gasteiger charge is -2.12. The first-order valence-electron chi connectivity index (χ1n) is 5.93. The van der Waals surface area contributed by atoms with E-state index in [9.17, 15) is 13.6 Å². The molecule has 0 bridgehead atoms. The Morgan fingerprint density at radius 3 is 2.79 bits per heavy atom. The van der Waals surface area contributed by atoms with E-state index < -0.39 is 12.0 Å². The largest absolute Gasteiger partial charge is 0.299 e. The highest BCUT2D eigenvalue weighted by Crippen LogP contribution is 2.37. The number of hydrogen-bond acceptors (Lipinski definition) is 3. The van der Waals surface area contributed by atoms with Gasteiger partial charge in [0.2, 0.25) is 0 Å². The molecule has 1 fully saturated rings. The first kappa shape index (κ1) is 12.4. The van der Waals surface area contributed by atoms with Crippen molar-refractivity contribution in [2.75, 3.05) is 0 Å². The Morgan fingerprint density at radius 1 is 1.53 bits per heavy atom. The number of hydrogen-bond donors (Lipinski definition) is 1. The lowest BCUT2D eigenvalue weighted by molar-refractivity contribution is 0.153. The second-order valence-electron chi connectivity index (χ2n) is 4.71. The maximum atomic E-state index is 13.1. The van der Waals surface area contributed by atoms with Gasteiger partial charge in [0, 0.05) is 17.3 Å². The molecular weight excluding hydrogens is 272 g/mol. The number of rotatable bonds is 2. The van der Waals surface area contributed by atoms with Gasteiger partial charge in [-0.25, -0.2) is 13.8 Å². The summed E-state index contributed by atoms with van der Waals surface area (Å²) >= 11 is 5.12. The Balaban J connectivity index is 2.51. The van der Waals surface area contributed by atoms with Gasteiger partial charge in [-0.1, -0.05) is 0 Å². The van der Waals surface area contributed by atoms with Crippen molar-refractivity contribution in [1.82, 2.24) is 14.5 Å². The van der Waals surface area contributed by atoms with Crippen LogP contribution >= 0.6 is 12.2 Å². The van der Waals surface area contributed by atoms with Gasteiger partial charge in [-0.05, 0) is 38.0 Å². The predicted molar refractivity (Wildman–Crippen MR) is 69.2 cm³/mol. The summed E-state index contributed by atoms with van der Waals surface area (Å²) in [4.78, 5) is 18.6. The van der Waals surface area contributed by atoms with E-state index in [0.29, 0.717) is 5.69 Å². The topological polar surface area (TPSA) is 50.7 Å². The van der Waals surface area contributed by atoms with Crippen LogP contribution < -0.4 is 5.56 Å². The van der Waals surface area contributed by atoms with Gasteiger partial charge in [-0.3, -0.25) is 14.3 Å². The lowest BCUT2D eigenvalue weighted by Crippen LogP contribution is -2.17. The van der Waals surface area contributed by atoms with Gasteiger partial charge in [0.1, 0.15) is 5.65 Å². The lowest BCUT2D eigenvalue weighted by atomic mass is 10.1. The van der Waals surface area contributed by atoms with Crippen molar-refractivity contribution in [2.24, 2.45) is 0 Å². The summed E-state index contributed by atoms with van der Waals surface area (Å²) in [5.41, 5.74) is -0.156. The molecule has 1 N–H and O–H groups in total. The molecule has 4 nitrogen and oxygen atoms in total. The average molecular weight is 283 g/mol. The van der Waals surface area contributed by atoms with Crippen LogP contribution in [0.25, 0.3) is 11.0 Å². The smallest absolute Gasteiger partial charge is 0.264 e. The summed E-state index contributed by atoms with van der Waals surface area (Å²) in [6, 6.07) is 1.41. The third kappa shape index (κ3) is 1.98. The molecule has 0 spiro atoms. The molecular formula is C12H11F2N3OS. The fourth-order valence-corrected chi connectivity index (χ4v) is 2.58. The highest BCUT2D eigenvalue weighted by molar-refractivity contribution is 7.71. The van der Waals surface area contributed by atoms with Crippen LogP contribution in [0.15, 0.2) is 10.9 Å². The Labute approximate surface area is 112 Å². The Hall–Kier alpha value is -1.63. The summed E-state index contributed by atoms with van der Waals surface area (Å²) in [5.74, 6) is 0. The molecule has 0 unspecified atom stereocenters. The molecule has 0 atom stereocenters. The molecule has 19 heavy (non-hydrogen) atoms. The number of alkyl halides is 2. The highest BCUT2D eigenvalue weighted by atomic mass is 32.1. The standard InChI is InChI=1S/C12H11F2N3OS/c1-5-4-7(9(13)14)8-10(15-5)17(6-2-3-6)12(19)16-11(8)18/h4,6,9H,2-3H2,1H3,(H,16,18,19).